The van der Waals surface area contributed by atoms with E-state index in [9.17, 15) is 0 Å². The summed E-state index contributed by atoms with van der Waals surface area (Å²) in [6.07, 6.45) is 6.75. The fourth-order valence-corrected chi connectivity index (χ4v) is 3.09. The number of nitrogens with zero attached hydrogens (tertiary/aromatic N) is 1. The van der Waals surface area contributed by atoms with E-state index in [0.29, 0.717) is 11.0 Å². The van der Waals surface area contributed by atoms with Gasteiger partial charge in [-0.05, 0) is 56.0 Å². The predicted octanol–water partition coefficient (Wildman–Crippen LogP) is 3.54. The molecule has 20 heavy (non-hydrogen) atoms. The number of para-hydroxylation sites is 1. The summed E-state index contributed by atoms with van der Waals surface area (Å²) in [5.74, 6) is 1.33. The Labute approximate surface area is 125 Å². The highest BCUT2D eigenvalue weighted by Gasteiger charge is 2.37. The smallest absolute Gasteiger partial charge is 0.191 e. The van der Waals surface area contributed by atoms with Crippen LogP contribution in [0.1, 0.15) is 24.0 Å². The molecule has 104 valence electrons. The summed E-state index contributed by atoms with van der Waals surface area (Å²) in [6, 6.07) is 6.20. The minimum Gasteiger partial charge on any atom is -0.331 e. The Bertz CT molecular complexity index is 583. The molecule has 0 amide bonds. The number of hydrogen-bond acceptors (Lipinski definition) is 2. The maximum Gasteiger partial charge on any atom is 0.191 e. The van der Waals surface area contributed by atoms with Crippen molar-refractivity contribution in [1.29, 1.82) is 0 Å². The van der Waals surface area contributed by atoms with E-state index in [1.165, 1.54) is 16.8 Å². The van der Waals surface area contributed by atoms with Gasteiger partial charge in [-0.25, -0.2) is 0 Å². The van der Waals surface area contributed by atoms with E-state index < -0.39 is 0 Å². The Balaban J connectivity index is 1.59. The van der Waals surface area contributed by atoms with Crippen LogP contribution in [0.25, 0.3) is 0 Å². The third kappa shape index (κ3) is 2.48. The van der Waals surface area contributed by atoms with Crippen molar-refractivity contribution in [3.63, 3.8) is 0 Å². The molecule has 0 heterocycles. The van der Waals surface area contributed by atoms with E-state index >= 15 is 0 Å². The van der Waals surface area contributed by atoms with Crippen molar-refractivity contribution in [2.75, 3.05) is 5.32 Å². The molecular weight excluding hydrogens is 266 g/mol. The molecule has 0 spiro atoms. The Hall–Kier alpha value is -1.68. The number of nitrogens with one attached hydrogen (secondary N) is 2. The van der Waals surface area contributed by atoms with Crippen LogP contribution in [0.3, 0.4) is 0 Å². The number of rotatable bonds is 2. The largest absolute Gasteiger partial charge is 0.331 e. The monoisotopic (exact) mass is 285 g/mol. The van der Waals surface area contributed by atoms with Crippen LogP contribution in [0.4, 0.5) is 5.69 Å². The highest BCUT2D eigenvalue weighted by molar-refractivity contribution is 7.80. The maximum absolute atomic E-state index is 5.32. The van der Waals surface area contributed by atoms with E-state index in [1.54, 1.807) is 0 Å². The zero-order valence-electron chi connectivity index (χ0n) is 11.8. The second kappa shape index (κ2) is 5.37. The van der Waals surface area contributed by atoms with Crippen LogP contribution in [-0.2, 0) is 0 Å². The van der Waals surface area contributed by atoms with Crippen molar-refractivity contribution in [2.45, 2.75) is 26.7 Å². The van der Waals surface area contributed by atoms with Crippen molar-refractivity contribution < 1.29 is 0 Å². The number of aryl methyl sites for hydroxylation is 2. The van der Waals surface area contributed by atoms with E-state index in [-0.39, 0.29) is 0 Å². The molecule has 0 aliphatic heterocycles. The highest BCUT2D eigenvalue weighted by Crippen LogP contribution is 2.40. The number of anilines is 1. The zero-order chi connectivity index (χ0) is 14.1. The molecule has 1 saturated carbocycles. The summed E-state index contributed by atoms with van der Waals surface area (Å²) in [5.41, 5.74) is 7.66. The van der Waals surface area contributed by atoms with Crippen molar-refractivity contribution >= 4 is 28.7 Å². The zero-order valence-corrected chi connectivity index (χ0v) is 12.6. The first-order valence-electron chi connectivity index (χ1n) is 7.01. The molecule has 1 aromatic rings. The number of thiocarbonyl (C=S) groups is 1. The fraction of sp³-hybridized carbons (Fsp3) is 0.375. The number of hydrazone groups is 1. The normalized spacial score (nSPS) is 25.2. The van der Waals surface area contributed by atoms with Gasteiger partial charge in [-0.15, -0.1) is 0 Å². The highest BCUT2D eigenvalue weighted by atomic mass is 32.1. The maximum atomic E-state index is 5.32. The summed E-state index contributed by atoms with van der Waals surface area (Å²) in [5, 5.41) is 8.25. The molecule has 2 atom stereocenters. The Morgan fingerprint density at radius 1 is 1.30 bits per heavy atom. The molecule has 0 bridgehead atoms. The van der Waals surface area contributed by atoms with Gasteiger partial charge in [-0.2, -0.15) is 5.10 Å². The Kier molecular flexibility index (Phi) is 3.57. The van der Waals surface area contributed by atoms with Gasteiger partial charge in [-0.3, -0.25) is 5.43 Å². The third-order valence-electron chi connectivity index (χ3n) is 4.18. The SMILES string of the molecule is Cc1cccc(C)c1NC(=S)N/N=C1\CC2C=CCC12. The molecule has 3 rings (SSSR count). The predicted molar refractivity (Wildman–Crippen MR) is 88.1 cm³/mol. The quantitative estimate of drug-likeness (QED) is 0.496. The Morgan fingerprint density at radius 2 is 2.05 bits per heavy atom. The first-order valence-corrected chi connectivity index (χ1v) is 7.42. The van der Waals surface area contributed by atoms with Gasteiger partial charge in [-0.1, -0.05) is 30.4 Å². The molecule has 4 heteroatoms. The molecule has 0 saturated heterocycles. The van der Waals surface area contributed by atoms with Gasteiger partial charge in [0.05, 0.1) is 0 Å². The minimum atomic E-state index is 0.560. The van der Waals surface area contributed by atoms with Crippen LogP contribution in [-0.4, -0.2) is 10.8 Å². The minimum absolute atomic E-state index is 0.560. The van der Waals surface area contributed by atoms with Gasteiger partial charge in [0.15, 0.2) is 5.11 Å². The lowest BCUT2D eigenvalue weighted by molar-refractivity contribution is 0.463. The van der Waals surface area contributed by atoms with Crippen molar-refractivity contribution in [2.24, 2.45) is 16.9 Å². The summed E-state index contributed by atoms with van der Waals surface area (Å²) >= 11 is 5.32. The third-order valence-corrected chi connectivity index (χ3v) is 4.38. The van der Waals surface area contributed by atoms with Crippen molar-refractivity contribution in [3.8, 4) is 0 Å². The molecule has 1 fully saturated rings. The van der Waals surface area contributed by atoms with Crippen LogP contribution in [0, 0.1) is 25.7 Å². The van der Waals surface area contributed by atoms with E-state index in [1.807, 2.05) is 6.07 Å². The topological polar surface area (TPSA) is 36.4 Å². The van der Waals surface area contributed by atoms with E-state index in [2.05, 4.69) is 54.0 Å². The first kappa shape index (κ1) is 13.3. The summed E-state index contributed by atoms with van der Waals surface area (Å²) in [4.78, 5) is 0. The van der Waals surface area contributed by atoms with Crippen LogP contribution in [0.5, 0.6) is 0 Å². The molecule has 0 aromatic heterocycles. The molecule has 2 N–H and O–H groups in total. The molecule has 2 aliphatic carbocycles. The second-order valence-electron chi connectivity index (χ2n) is 5.57. The number of fused-ring (bicyclic) bond motifs is 1. The Morgan fingerprint density at radius 3 is 2.75 bits per heavy atom. The summed E-state index contributed by atoms with van der Waals surface area (Å²) < 4.78 is 0. The van der Waals surface area contributed by atoms with E-state index in [4.69, 9.17) is 12.2 Å². The van der Waals surface area contributed by atoms with Gasteiger partial charge < -0.3 is 5.32 Å². The van der Waals surface area contributed by atoms with Gasteiger partial charge in [0.2, 0.25) is 0 Å². The number of benzene rings is 1. The standard InChI is InChI=1S/C16H19N3S/c1-10-5-3-6-11(2)15(10)17-16(20)19-18-14-9-12-7-4-8-13(12)14/h3-7,12-13H,8-9H2,1-2H3,(H2,17,19,20)/b18-14+. The van der Waals surface area contributed by atoms with Crippen LogP contribution < -0.4 is 10.7 Å². The van der Waals surface area contributed by atoms with Gasteiger partial charge in [0.25, 0.3) is 0 Å². The van der Waals surface area contributed by atoms with Crippen molar-refractivity contribution in [3.05, 3.63) is 41.5 Å². The van der Waals surface area contributed by atoms with E-state index in [0.717, 1.165) is 24.4 Å². The number of allylic oxidation sites excluding steroid dienone is 2. The number of hydrogen-bond donors (Lipinski definition) is 2. The fourth-order valence-electron chi connectivity index (χ4n) is 2.94. The van der Waals surface area contributed by atoms with Crippen LogP contribution >= 0.6 is 12.2 Å². The first-order chi connectivity index (χ1) is 9.65. The average Bonchev–Trinajstić information content (AvgIpc) is 2.76. The average molecular weight is 285 g/mol. The molecule has 2 unspecified atom stereocenters. The van der Waals surface area contributed by atoms with Gasteiger partial charge >= 0.3 is 0 Å². The lowest BCUT2D eigenvalue weighted by atomic mass is 9.74. The summed E-state index contributed by atoms with van der Waals surface area (Å²) in [7, 11) is 0. The van der Waals surface area contributed by atoms with Gasteiger partial charge in [0, 0.05) is 17.3 Å². The second-order valence-corrected chi connectivity index (χ2v) is 5.98. The molecule has 0 radical (unpaired) electrons. The lowest BCUT2D eigenvalue weighted by Gasteiger charge is -2.32. The lowest BCUT2D eigenvalue weighted by Crippen LogP contribution is -2.36. The molecule has 2 aliphatic rings. The van der Waals surface area contributed by atoms with Gasteiger partial charge in [0.1, 0.15) is 0 Å². The molecule has 3 nitrogen and oxygen atoms in total. The molecule has 1 aromatic carbocycles. The van der Waals surface area contributed by atoms with Crippen LogP contribution in [0.2, 0.25) is 0 Å². The molecular formula is C16H19N3S. The van der Waals surface area contributed by atoms with Crippen molar-refractivity contribution in [1.82, 2.24) is 5.43 Å². The van der Waals surface area contributed by atoms with Crippen LogP contribution in [0.15, 0.2) is 35.5 Å². The summed E-state index contributed by atoms with van der Waals surface area (Å²) in [6.45, 7) is 4.15.